The van der Waals surface area contributed by atoms with Gasteiger partial charge in [-0.25, -0.2) is 9.97 Å². The number of amides is 1. The zero-order valence-electron chi connectivity index (χ0n) is 16.7. The van der Waals surface area contributed by atoms with Gasteiger partial charge in [0.1, 0.15) is 5.69 Å². The van der Waals surface area contributed by atoms with Crippen LogP contribution in [0.2, 0.25) is 0 Å². The van der Waals surface area contributed by atoms with Crippen LogP contribution in [0.3, 0.4) is 0 Å². The van der Waals surface area contributed by atoms with E-state index in [4.69, 9.17) is 0 Å². The van der Waals surface area contributed by atoms with E-state index in [2.05, 4.69) is 37.0 Å². The lowest BCUT2D eigenvalue weighted by atomic mass is 10.1. The Hall–Kier alpha value is -3.48. The maximum Gasteiger partial charge on any atom is 0.274 e. The van der Waals surface area contributed by atoms with Crippen LogP contribution in [0.4, 0.5) is 17.3 Å². The van der Waals surface area contributed by atoms with Crippen LogP contribution in [0.15, 0.2) is 55.0 Å². The summed E-state index contributed by atoms with van der Waals surface area (Å²) in [4.78, 5) is 30.0. The van der Waals surface area contributed by atoms with Crippen LogP contribution in [0.5, 0.6) is 0 Å². The SMILES string of the molecule is Cc1ccc(NC(=O)c2cc(N3CCN(c4ncccn4)CC3)ccn2)cc1C. The Balaban J connectivity index is 1.42. The Labute approximate surface area is 170 Å². The summed E-state index contributed by atoms with van der Waals surface area (Å²) in [6.07, 6.45) is 5.22. The first-order valence-corrected chi connectivity index (χ1v) is 9.72. The van der Waals surface area contributed by atoms with Gasteiger partial charge in [-0.2, -0.15) is 0 Å². The molecule has 1 saturated heterocycles. The summed E-state index contributed by atoms with van der Waals surface area (Å²) in [5.41, 5.74) is 4.53. The number of benzene rings is 1. The maximum atomic E-state index is 12.7. The van der Waals surface area contributed by atoms with E-state index < -0.39 is 0 Å². The lowest BCUT2D eigenvalue weighted by molar-refractivity contribution is 0.102. The number of piperazine rings is 1. The van der Waals surface area contributed by atoms with Crippen molar-refractivity contribution in [3.63, 3.8) is 0 Å². The largest absolute Gasteiger partial charge is 0.368 e. The summed E-state index contributed by atoms with van der Waals surface area (Å²) in [6.45, 7) is 7.41. The quantitative estimate of drug-likeness (QED) is 0.740. The van der Waals surface area contributed by atoms with Crippen LogP contribution in [0.1, 0.15) is 21.6 Å². The Morgan fingerprint density at radius 2 is 1.59 bits per heavy atom. The van der Waals surface area contributed by atoms with E-state index in [1.807, 2.05) is 43.3 Å². The van der Waals surface area contributed by atoms with Gasteiger partial charge < -0.3 is 15.1 Å². The third-order valence-corrected chi connectivity index (χ3v) is 5.22. The zero-order chi connectivity index (χ0) is 20.2. The minimum Gasteiger partial charge on any atom is -0.368 e. The molecule has 3 aromatic rings. The number of nitrogens with one attached hydrogen (secondary N) is 1. The van der Waals surface area contributed by atoms with Crippen molar-refractivity contribution < 1.29 is 4.79 Å². The number of aromatic nitrogens is 3. The van der Waals surface area contributed by atoms with E-state index in [1.165, 1.54) is 5.56 Å². The maximum absolute atomic E-state index is 12.7. The summed E-state index contributed by atoms with van der Waals surface area (Å²) in [5.74, 6) is 0.557. The first-order chi connectivity index (χ1) is 14.1. The molecule has 0 unspecified atom stereocenters. The topological polar surface area (TPSA) is 74.2 Å². The summed E-state index contributed by atoms with van der Waals surface area (Å²) in [7, 11) is 0. The highest BCUT2D eigenvalue weighted by Gasteiger charge is 2.20. The van der Waals surface area contributed by atoms with Crippen molar-refractivity contribution in [3.05, 3.63) is 71.8 Å². The second-order valence-electron chi connectivity index (χ2n) is 7.18. The average Bonchev–Trinajstić information content (AvgIpc) is 2.77. The van der Waals surface area contributed by atoms with Crippen LogP contribution in [-0.2, 0) is 0 Å². The van der Waals surface area contributed by atoms with Gasteiger partial charge in [0.05, 0.1) is 0 Å². The van der Waals surface area contributed by atoms with Crippen molar-refractivity contribution >= 4 is 23.2 Å². The molecule has 1 N–H and O–H groups in total. The molecule has 0 atom stereocenters. The fourth-order valence-corrected chi connectivity index (χ4v) is 3.37. The summed E-state index contributed by atoms with van der Waals surface area (Å²) < 4.78 is 0. The highest BCUT2D eigenvalue weighted by atomic mass is 16.1. The van der Waals surface area contributed by atoms with Crippen molar-refractivity contribution in [2.75, 3.05) is 41.3 Å². The minimum absolute atomic E-state index is 0.202. The molecule has 29 heavy (non-hydrogen) atoms. The number of nitrogens with zero attached hydrogens (tertiary/aromatic N) is 5. The molecule has 148 valence electrons. The molecule has 2 aromatic heterocycles. The van der Waals surface area contributed by atoms with Crippen LogP contribution in [-0.4, -0.2) is 47.0 Å². The van der Waals surface area contributed by atoms with Gasteiger partial charge >= 0.3 is 0 Å². The molecule has 7 heteroatoms. The third kappa shape index (κ3) is 4.34. The molecule has 1 aliphatic rings. The zero-order valence-corrected chi connectivity index (χ0v) is 16.7. The first-order valence-electron chi connectivity index (χ1n) is 9.72. The molecule has 0 spiro atoms. The van der Waals surface area contributed by atoms with E-state index in [0.717, 1.165) is 49.1 Å². The Kier molecular flexibility index (Phi) is 5.37. The monoisotopic (exact) mass is 388 g/mol. The number of aryl methyl sites for hydroxylation is 2. The van der Waals surface area contributed by atoms with Crippen molar-refractivity contribution in [3.8, 4) is 0 Å². The van der Waals surface area contributed by atoms with Gasteiger partial charge in [0, 0.05) is 56.1 Å². The van der Waals surface area contributed by atoms with Gasteiger partial charge in [0.25, 0.3) is 5.91 Å². The van der Waals surface area contributed by atoms with Crippen LogP contribution >= 0.6 is 0 Å². The van der Waals surface area contributed by atoms with E-state index in [-0.39, 0.29) is 5.91 Å². The van der Waals surface area contributed by atoms with Crippen molar-refractivity contribution in [1.82, 2.24) is 15.0 Å². The van der Waals surface area contributed by atoms with Gasteiger partial charge in [-0.05, 0) is 55.3 Å². The molecule has 7 nitrogen and oxygen atoms in total. The molecule has 1 amide bonds. The molecule has 4 rings (SSSR count). The summed E-state index contributed by atoms with van der Waals surface area (Å²) in [6, 6.07) is 11.5. The Bertz CT molecular complexity index is 999. The number of hydrogen-bond donors (Lipinski definition) is 1. The smallest absolute Gasteiger partial charge is 0.274 e. The molecule has 0 saturated carbocycles. The van der Waals surface area contributed by atoms with E-state index >= 15 is 0 Å². The van der Waals surface area contributed by atoms with Gasteiger partial charge in [-0.3, -0.25) is 9.78 Å². The molecule has 1 aromatic carbocycles. The predicted octanol–water partition coefficient (Wildman–Crippen LogP) is 3.07. The van der Waals surface area contributed by atoms with Crippen molar-refractivity contribution in [2.24, 2.45) is 0 Å². The fourth-order valence-electron chi connectivity index (χ4n) is 3.37. The third-order valence-electron chi connectivity index (χ3n) is 5.22. The number of rotatable bonds is 4. The normalized spacial score (nSPS) is 14.0. The average molecular weight is 388 g/mol. The van der Waals surface area contributed by atoms with Crippen LogP contribution in [0.25, 0.3) is 0 Å². The van der Waals surface area contributed by atoms with Gasteiger partial charge in [-0.15, -0.1) is 0 Å². The molecular weight excluding hydrogens is 364 g/mol. The lowest BCUT2D eigenvalue weighted by Crippen LogP contribution is -2.47. The van der Waals surface area contributed by atoms with Crippen molar-refractivity contribution in [1.29, 1.82) is 0 Å². The van der Waals surface area contributed by atoms with Crippen molar-refractivity contribution in [2.45, 2.75) is 13.8 Å². The van der Waals surface area contributed by atoms with Gasteiger partial charge in [0.2, 0.25) is 5.95 Å². The standard InChI is InChI=1S/C22H24N6O/c1-16-4-5-18(14-17(16)2)26-21(29)20-15-19(6-9-23-20)27-10-12-28(13-11-27)22-24-7-3-8-25-22/h3-9,14-15H,10-13H2,1-2H3,(H,26,29). The van der Waals surface area contributed by atoms with E-state index in [9.17, 15) is 4.79 Å². The number of anilines is 3. The molecular formula is C22H24N6O. The molecule has 1 aliphatic heterocycles. The van der Waals surface area contributed by atoms with Gasteiger partial charge in [-0.1, -0.05) is 6.07 Å². The molecule has 1 fully saturated rings. The van der Waals surface area contributed by atoms with Gasteiger partial charge in [0.15, 0.2) is 0 Å². The number of carbonyl (C=O) groups is 1. The van der Waals surface area contributed by atoms with E-state index in [1.54, 1.807) is 18.6 Å². The molecule has 0 bridgehead atoms. The second-order valence-corrected chi connectivity index (χ2v) is 7.18. The van der Waals surface area contributed by atoms with Crippen LogP contribution < -0.4 is 15.1 Å². The Morgan fingerprint density at radius 1 is 0.862 bits per heavy atom. The predicted molar refractivity (Wildman–Crippen MR) is 115 cm³/mol. The summed E-state index contributed by atoms with van der Waals surface area (Å²) >= 11 is 0. The Morgan fingerprint density at radius 3 is 2.31 bits per heavy atom. The lowest BCUT2D eigenvalue weighted by Gasteiger charge is -2.36. The summed E-state index contributed by atoms with van der Waals surface area (Å²) in [5, 5.41) is 2.94. The fraction of sp³-hybridized carbons (Fsp3) is 0.273. The second kappa shape index (κ2) is 8.26. The molecule has 0 aliphatic carbocycles. The number of carbonyl (C=O) groups excluding carboxylic acids is 1. The molecule has 3 heterocycles. The highest BCUT2D eigenvalue weighted by Crippen LogP contribution is 2.20. The van der Waals surface area contributed by atoms with Crippen LogP contribution in [0, 0.1) is 13.8 Å². The first kappa shape index (κ1) is 18.9. The molecule has 0 radical (unpaired) electrons. The van der Waals surface area contributed by atoms with E-state index in [0.29, 0.717) is 5.69 Å². The number of hydrogen-bond acceptors (Lipinski definition) is 6. The number of pyridine rings is 1. The highest BCUT2D eigenvalue weighted by molar-refractivity contribution is 6.03. The minimum atomic E-state index is -0.202.